The van der Waals surface area contributed by atoms with Crippen LogP contribution in [0.3, 0.4) is 0 Å². The van der Waals surface area contributed by atoms with Gasteiger partial charge in [-0.15, -0.1) is 23.4 Å². The average Bonchev–Trinajstić information content (AvgIpc) is 2.17. The lowest BCUT2D eigenvalue weighted by Crippen LogP contribution is -1.94. The van der Waals surface area contributed by atoms with Gasteiger partial charge in [-0.25, -0.2) is 4.98 Å². The molecule has 0 amide bonds. The van der Waals surface area contributed by atoms with Gasteiger partial charge < -0.3 is 4.74 Å². The van der Waals surface area contributed by atoms with E-state index in [1.165, 1.54) is 25.1 Å². The molecule has 3 nitrogen and oxygen atoms in total. The van der Waals surface area contributed by atoms with Crippen LogP contribution in [-0.2, 0) is 0 Å². The number of methoxy groups -OCH3 is 1. The minimum absolute atomic E-state index is 0.321. The minimum atomic E-state index is 0.321. The Morgan fingerprint density at radius 1 is 1.62 bits per heavy atom. The SMILES string of the molecule is COc1ncc(Cl)c(SCCCl)n1. The first-order valence-corrected chi connectivity index (χ1v) is 5.43. The highest BCUT2D eigenvalue weighted by atomic mass is 35.5. The molecule has 6 heteroatoms. The Bertz CT molecular complexity index is 285. The molecule has 0 bridgehead atoms. The first kappa shape index (κ1) is 10.9. The van der Waals surface area contributed by atoms with Crippen molar-refractivity contribution in [3.8, 4) is 6.01 Å². The molecule has 1 heterocycles. The molecule has 0 fully saturated rings. The molecule has 0 aliphatic carbocycles. The number of ether oxygens (including phenoxy) is 1. The van der Waals surface area contributed by atoms with Crippen molar-refractivity contribution >= 4 is 35.0 Å². The van der Waals surface area contributed by atoms with Crippen LogP contribution in [0.5, 0.6) is 6.01 Å². The molecule has 0 saturated carbocycles. The number of halogens is 2. The summed E-state index contributed by atoms with van der Waals surface area (Å²) in [5.41, 5.74) is 0. The Balaban J connectivity index is 2.78. The molecule has 0 aliphatic heterocycles. The molecular formula is C7H8Cl2N2OS. The smallest absolute Gasteiger partial charge is 0.317 e. The second-order valence-corrected chi connectivity index (χ2v) is 3.92. The van der Waals surface area contributed by atoms with Crippen LogP contribution < -0.4 is 4.74 Å². The molecule has 13 heavy (non-hydrogen) atoms. The molecule has 1 aromatic rings. The Kier molecular flexibility index (Phi) is 4.62. The summed E-state index contributed by atoms with van der Waals surface area (Å²) < 4.78 is 4.86. The summed E-state index contributed by atoms with van der Waals surface area (Å²) in [6.07, 6.45) is 1.52. The van der Waals surface area contributed by atoms with E-state index in [1.54, 1.807) is 0 Å². The van der Waals surface area contributed by atoms with Crippen molar-refractivity contribution < 1.29 is 4.74 Å². The van der Waals surface area contributed by atoms with Gasteiger partial charge in [-0.1, -0.05) is 11.6 Å². The summed E-state index contributed by atoms with van der Waals surface area (Å²) in [6.45, 7) is 0. The van der Waals surface area contributed by atoms with E-state index in [1.807, 2.05) is 0 Å². The van der Waals surface area contributed by atoms with Gasteiger partial charge in [0.05, 0.1) is 18.3 Å². The fourth-order valence-corrected chi connectivity index (χ4v) is 1.76. The zero-order valence-electron chi connectivity index (χ0n) is 6.96. The van der Waals surface area contributed by atoms with E-state index in [0.29, 0.717) is 21.9 Å². The molecular weight excluding hydrogens is 231 g/mol. The zero-order chi connectivity index (χ0) is 9.68. The second-order valence-electron chi connectivity index (χ2n) is 2.05. The Morgan fingerprint density at radius 3 is 3.00 bits per heavy atom. The number of nitrogens with zero attached hydrogens (tertiary/aromatic N) is 2. The van der Waals surface area contributed by atoms with E-state index in [-0.39, 0.29) is 0 Å². The molecule has 0 unspecified atom stereocenters. The van der Waals surface area contributed by atoms with Gasteiger partial charge in [0.15, 0.2) is 0 Å². The molecule has 0 saturated heterocycles. The first-order valence-electron chi connectivity index (χ1n) is 3.53. The van der Waals surface area contributed by atoms with Gasteiger partial charge in [-0.2, -0.15) is 4.98 Å². The molecule has 0 aliphatic rings. The standard InChI is InChI=1S/C7H8Cl2N2OS/c1-12-7-10-4-5(9)6(11-7)13-3-2-8/h4H,2-3H2,1H3. The van der Waals surface area contributed by atoms with Gasteiger partial charge in [0.2, 0.25) is 0 Å². The van der Waals surface area contributed by atoms with Gasteiger partial charge >= 0.3 is 6.01 Å². The number of thioether (sulfide) groups is 1. The van der Waals surface area contributed by atoms with Crippen molar-refractivity contribution in [3.63, 3.8) is 0 Å². The molecule has 72 valence electrons. The van der Waals surface area contributed by atoms with Crippen molar-refractivity contribution in [3.05, 3.63) is 11.2 Å². The number of aromatic nitrogens is 2. The summed E-state index contributed by atoms with van der Waals surface area (Å²) in [5.74, 6) is 1.33. The van der Waals surface area contributed by atoms with E-state index in [0.717, 1.165) is 5.75 Å². The lowest BCUT2D eigenvalue weighted by atomic mass is 10.7. The predicted octanol–water partition coefficient (Wildman–Crippen LogP) is 2.47. The third-order valence-corrected chi connectivity index (χ3v) is 2.98. The van der Waals surface area contributed by atoms with Crippen LogP contribution >= 0.6 is 35.0 Å². The number of hydrogen-bond acceptors (Lipinski definition) is 4. The van der Waals surface area contributed by atoms with E-state index >= 15 is 0 Å². The number of alkyl halides is 1. The normalized spacial score (nSPS) is 10.1. The van der Waals surface area contributed by atoms with Crippen LogP contribution in [0, 0.1) is 0 Å². The molecule has 0 aromatic carbocycles. The van der Waals surface area contributed by atoms with Crippen molar-refractivity contribution in [2.45, 2.75) is 5.03 Å². The Hall–Kier alpha value is -0.190. The van der Waals surface area contributed by atoms with Crippen molar-refractivity contribution in [1.82, 2.24) is 9.97 Å². The van der Waals surface area contributed by atoms with Crippen LogP contribution in [-0.4, -0.2) is 28.7 Å². The maximum atomic E-state index is 5.84. The third-order valence-electron chi connectivity index (χ3n) is 1.19. The zero-order valence-corrected chi connectivity index (χ0v) is 9.29. The third kappa shape index (κ3) is 3.21. The van der Waals surface area contributed by atoms with E-state index in [9.17, 15) is 0 Å². The van der Waals surface area contributed by atoms with Gasteiger partial charge in [0.25, 0.3) is 0 Å². The van der Waals surface area contributed by atoms with E-state index < -0.39 is 0 Å². The molecule has 0 N–H and O–H groups in total. The fourth-order valence-electron chi connectivity index (χ4n) is 0.671. The Morgan fingerprint density at radius 2 is 2.38 bits per heavy atom. The predicted molar refractivity (Wildman–Crippen MR) is 55.0 cm³/mol. The summed E-state index contributed by atoms with van der Waals surface area (Å²) in [4.78, 5) is 7.92. The van der Waals surface area contributed by atoms with Gasteiger partial charge in [0, 0.05) is 11.6 Å². The van der Waals surface area contributed by atoms with E-state index in [4.69, 9.17) is 27.9 Å². The summed E-state index contributed by atoms with van der Waals surface area (Å²) in [6, 6.07) is 0.321. The molecule has 0 spiro atoms. The molecule has 1 aromatic heterocycles. The highest BCUT2D eigenvalue weighted by molar-refractivity contribution is 7.99. The fraction of sp³-hybridized carbons (Fsp3) is 0.429. The molecule has 0 radical (unpaired) electrons. The molecule has 1 rings (SSSR count). The maximum absolute atomic E-state index is 5.84. The monoisotopic (exact) mass is 238 g/mol. The molecule has 0 atom stereocenters. The van der Waals surface area contributed by atoms with E-state index in [2.05, 4.69) is 9.97 Å². The van der Waals surface area contributed by atoms with Crippen molar-refractivity contribution in [1.29, 1.82) is 0 Å². The quantitative estimate of drug-likeness (QED) is 0.459. The summed E-state index contributed by atoms with van der Waals surface area (Å²) in [5, 5.41) is 1.23. The minimum Gasteiger partial charge on any atom is -0.467 e. The number of hydrogen-bond donors (Lipinski definition) is 0. The highest BCUT2D eigenvalue weighted by Gasteiger charge is 2.05. The van der Waals surface area contributed by atoms with Crippen LogP contribution in [0.2, 0.25) is 5.02 Å². The average molecular weight is 239 g/mol. The topological polar surface area (TPSA) is 35.0 Å². The first-order chi connectivity index (χ1) is 6.27. The maximum Gasteiger partial charge on any atom is 0.317 e. The lowest BCUT2D eigenvalue weighted by Gasteiger charge is -2.02. The van der Waals surface area contributed by atoms with Gasteiger partial charge in [0.1, 0.15) is 5.03 Å². The summed E-state index contributed by atoms with van der Waals surface area (Å²) in [7, 11) is 1.51. The Labute approximate surface area is 90.8 Å². The van der Waals surface area contributed by atoms with Gasteiger partial charge in [-0.3, -0.25) is 0 Å². The second kappa shape index (κ2) is 5.52. The number of rotatable bonds is 4. The highest BCUT2D eigenvalue weighted by Crippen LogP contribution is 2.25. The van der Waals surface area contributed by atoms with Crippen LogP contribution in [0.1, 0.15) is 0 Å². The largest absolute Gasteiger partial charge is 0.467 e. The summed E-state index contributed by atoms with van der Waals surface area (Å²) >= 11 is 12.9. The van der Waals surface area contributed by atoms with Crippen LogP contribution in [0.4, 0.5) is 0 Å². The van der Waals surface area contributed by atoms with Crippen molar-refractivity contribution in [2.75, 3.05) is 18.7 Å². The van der Waals surface area contributed by atoms with Crippen LogP contribution in [0.15, 0.2) is 11.2 Å². The van der Waals surface area contributed by atoms with Crippen molar-refractivity contribution in [2.24, 2.45) is 0 Å². The van der Waals surface area contributed by atoms with Crippen LogP contribution in [0.25, 0.3) is 0 Å². The van der Waals surface area contributed by atoms with Gasteiger partial charge in [-0.05, 0) is 0 Å². The lowest BCUT2D eigenvalue weighted by molar-refractivity contribution is 0.376.